The highest BCUT2D eigenvalue weighted by Gasteiger charge is 2.11. The summed E-state index contributed by atoms with van der Waals surface area (Å²) >= 11 is 1.13. The quantitative estimate of drug-likeness (QED) is 0.714. The summed E-state index contributed by atoms with van der Waals surface area (Å²) in [7, 11) is 0. The average molecular weight is 335 g/mol. The number of aromatic nitrogens is 1. The lowest BCUT2D eigenvalue weighted by Crippen LogP contribution is -2.41. The minimum Gasteiger partial charge on any atom is -0.507 e. The first-order chi connectivity index (χ1) is 11.0. The van der Waals surface area contributed by atoms with Gasteiger partial charge in [0, 0.05) is 24.0 Å². The summed E-state index contributed by atoms with van der Waals surface area (Å²) in [6.45, 7) is 2.29. The standard InChI is InChI=1S/C15H17N3O4S/c1-10-9-23-15(22)18(10)8-4-7-13(20)16-17-14(21)11-5-2-3-6-12(11)19/h2-3,5-6,9,19H,4,7-8H2,1H3,(H,16,20)(H,17,21). The third kappa shape index (κ3) is 4.43. The molecule has 0 unspecified atom stereocenters. The van der Waals surface area contributed by atoms with Crippen LogP contribution in [0.2, 0.25) is 0 Å². The van der Waals surface area contributed by atoms with Crippen molar-refractivity contribution < 1.29 is 14.7 Å². The lowest BCUT2D eigenvalue weighted by Gasteiger charge is -2.09. The van der Waals surface area contributed by atoms with Crippen molar-refractivity contribution in [2.24, 2.45) is 0 Å². The topological polar surface area (TPSA) is 100 Å². The van der Waals surface area contributed by atoms with E-state index in [1.165, 1.54) is 12.1 Å². The van der Waals surface area contributed by atoms with Crippen molar-refractivity contribution in [3.63, 3.8) is 0 Å². The molecular weight excluding hydrogens is 318 g/mol. The van der Waals surface area contributed by atoms with Crippen molar-refractivity contribution in [3.05, 3.63) is 50.6 Å². The Labute approximate surface area is 136 Å². The number of phenols is 1. The zero-order chi connectivity index (χ0) is 16.8. The molecule has 2 rings (SSSR count). The number of benzene rings is 1. The van der Waals surface area contributed by atoms with Crippen LogP contribution >= 0.6 is 11.3 Å². The average Bonchev–Trinajstić information content (AvgIpc) is 2.85. The molecule has 2 amide bonds. The van der Waals surface area contributed by atoms with Crippen LogP contribution in [0.4, 0.5) is 0 Å². The van der Waals surface area contributed by atoms with Crippen LogP contribution in [-0.2, 0) is 11.3 Å². The van der Waals surface area contributed by atoms with E-state index in [1.807, 2.05) is 6.92 Å². The second kappa shape index (κ2) is 7.59. The van der Waals surface area contributed by atoms with Gasteiger partial charge in [0.2, 0.25) is 5.91 Å². The number of phenolic OH excluding ortho intramolecular Hbond substituents is 1. The van der Waals surface area contributed by atoms with Crippen molar-refractivity contribution in [2.45, 2.75) is 26.3 Å². The number of hydrogen-bond donors (Lipinski definition) is 3. The molecule has 0 saturated heterocycles. The maximum absolute atomic E-state index is 11.8. The molecule has 0 aliphatic carbocycles. The Morgan fingerprint density at radius 1 is 1.26 bits per heavy atom. The highest BCUT2D eigenvalue weighted by atomic mass is 32.1. The number of hydrogen-bond acceptors (Lipinski definition) is 5. The van der Waals surface area contributed by atoms with Gasteiger partial charge in [-0.05, 0) is 25.5 Å². The molecule has 8 heteroatoms. The smallest absolute Gasteiger partial charge is 0.307 e. The molecule has 122 valence electrons. The van der Waals surface area contributed by atoms with Crippen molar-refractivity contribution in [2.75, 3.05) is 0 Å². The molecule has 1 aromatic heterocycles. The summed E-state index contributed by atoms with van der Waals surface area (Å²) < 4.78 is 1.61. The summed E-state index contributed by atoms with van der Waals surface area (Å²) in [5.74, 6) is -1.12. The second-order valence-electron chi connectivity index (χ2n) is 4.92. The first kappa shape index (κ1) is 16.8. The van der Waals surface area contributed by atoms with Crippen LogP contribution in [0.15, 0.2) is 34.4 Å². The SMILES string of the molecule is Cc1csc(=O)n1CCCC(=O)NNC(=O)c1ccccc1O. The molecule has 23 heavy (non-hydrogen) atoms. The van der Waals surface area contributed by atoms with E-state index in [2.05, 4.69) is 10.9 Å². The van der Waals surface area contributed by atoms with Crippen molar-refractivity contribution in [1.82, 2.24) is 15.4 Å². The summed E-state index contributed by atoms with van der Waals surface area (Å²) in [5.41, 5.74) is 5.47. The van der Waals surface area contributed by atoms with Gasteiger partial charge in [0.05, 0.1) is 5.56 Å². The van der Waals surface area contributed by atoms with E-state index in [0.29, 0.717) is 13.0 Å². The van der Waals surface area contributed by atoms with E-state index >= 15 is 0 Å². The molecule has 1 aromatic carbocycles. The summed E-state index contributed by atoms with van der Waals surface area (Å²) in [6.07, 6.45) is 0.651. The zero-order valence-electron chi connectivity index (χ0n) is 12.5. The summed E-state index contributed by atoms with van der Waals surface area (Å²) in [4.78, 5) is 35.0. The molecule has 0 bridgehead atoms. The van der Waals surface area contributed by atoms with Gasteiger partial charge < -0.3 is 9.67 Å². The van der Waals surface area contributed by atoms with Crippen LogP contribution < -0.4 is 15.7 Å². The number of aromatic hydroxyl groups is 1. The predicted octanol–water partition coefficient (Wildman–Crippen LogP) is 1.17. The lowest BCUT2D eigenvalue weighted by atomic mass is 10.2. The highest BCUT2D eigenvalue weighted by molar-refractivity contribution is 7.07. The van der Waals surface area contributed by atoms with E-state index in [9.17, 15) is 19.5 Å². The molecule has 2 aromatic rings. The number of nitrogens with zero attached hydrogens (tertiary/aromatic N) is 1. The van der Waals surface area contributed by atoms with E-state index in [0.717, 1.165) is 17.0 Å². The normalized spacial score (nSPS) is 10.3. The number of para-hydroxylation sites is 1. The van der Waals surface area contributed by atoms with Crippen LogP contribution in [0.5, 0.6) is 5.75 Å². The van der Waals surface area contributed by atoms with Gasteiger partial charge in [-0.15, -0.1) is 0 Å². The van der Waals surface area contributed by atoms with Gasteiger partial charge in [-0.2, -0.15) is 0 Å². The fraction of sp³-hybridized carbons (Fsp3) is 0.267. The molecule has 0 aliphatic rings. The first-order valence-corrected chi connectivity index (χ1v) is 7.89. The molecule has 0 aliphatic heterocycles. The molecule has 0 saturated carbocycles. The van der Waals surface area contributed by atoms with Crippen molar-refractivity contribution >= 4 is 23.2 Å². The Morgan fingerprint density at radius 3 is 2.65 bits per heavy atom. The molecule has 3 N–H and O–H groups in total. The Bertz CT molecular complexity index is 766. The van der Waals surface area contributed by atoms with Crippen LogP contribution in [0, 0.1) is 6.92 Å². The minimum absolute atomic E-state index is 0.0456. The van der Waals surface area contributed by atoms with Gasteiger partial charge in [0.1, 0.15) is 5.75 Å². The number of rotatable bonds is 5. The monoisotopic (exact) mass is 335 g/mol. The lowest BCUT2D eigenvalue weighted by molar-refractivity contribution is -0.122. The number of carbonyl (C=O) groups is 2. The van der Waals surface area contributed by atoms with Gasteiger partial charge in [-0.3, -0.25) is 25.2 Å². The van der Waals surface area contributed by atoms with Gasteiger partial charge >= 0.3 is 4.87 Å². The fourth-order valence-corrected chi connectivity index (χ4v) is 2.76. The van der Waals surface area contributed by atoms with Gasteiger partial charge in [0.15, 0.2) is 0 Å². The second-order valence-corrected chi connectivity index (χ2v) is 5.74. The van der Waals surface area contributed by atoms with Crippen LogP contribution in [0.1, 0.15) is 28.9 Å². The number of amides is 2. The number of thiazole rings is 1. The van der Waals surface area contributed by atoms with Crippen molar-refractivity contribution in [1.29, 1.82) is 0 Å². The van der Waals surface area contributed by atoms with Gasteiger partial charge in [0.25, 0.3) is 5.91 Å². The first-order valence-electron chi connectivity index (χ1n) is 7.01. The molecule has 1 heterocycles. The van der Waals surface area contributed by atoms with Crippen LogP contribution in [0.3, 0.4) is 0 Å². The van der Waals surface area contributed by atoms with E-state index in [4.69, 9.17) is 0 Å². The third-order valence-electron chi connectivity index (χ3n) is 3.23. The van der Waals surface area contributed by atoms with E-state index < -0.39 is 5.91 Å². The highest BCUT2D eigenvalue weighted by Crippen LogP contribution is 2.14. The molecular formula is C15H17N3O4S. The number of hydrazine groups is 1. The predicted molar refractivity (Wildman–Crippen MR) is 86.3 cm³/mol. The van der Waals surface area contributed by atoms with E-state index in [1.54, 1.807) is 22.1 Å². The maximum Gasteiger partial charge on any atom is 0.307 e. The Hall–Kier alpha value is -2.61. The Morgan fingerprint density at radius 2 is 2.00 bits per heavy atom. The largest absolute Gasteiger partial charge is 0.507 e. The fourth-order valence-electron chi connectivity index (χ4n) is 1.99. The molecule has 0 radical (unpaired) electrons. The van der Waals surface area contributed by atoms with Crippen LogP contribution in [-0.4, -0.2) is 21.5 Å². The van der Waals surface area contributed by atoms with Gasteiger partial charge in [-0.1, -0.05) is 23.5 Å². The Kier molecular flexibility index (Phi) is 5.53. The van der Waals surface area contributed by atoms with Crippen LogP contribution in [0.25, 0.3) is 0 Å². The third-order valence-corrected chi connectivity index (χ3v) is 4.11. The zero-order valence-corrected chi connectivity index (χ0v) is 13.4. The number of aryl methyl sites for hydroxylation is 1. The summed E-state index contributed by atoms with van der Waals surface area (Å²) in [5, 5.41) is 11.3. The molecule has 0 spiro atoms. The van der Waals surface area contributed by atoms with Crippen molar-refractivity contribution in [3.8, 4) is 5.75 Å². The van der Waals surface area contributed by atoms with E-state index in [-0.39, 0.29) is 28.5 Å². The number of carbonyl (C=O) groups excluding carboxylic acids is 2. The maximum atomic E-state index is 11.8. The van der Waals surface area contributed by atoms with Gasteiger partial charge in [-0.25, -0.2) is 0 Å². The minimum atomic E-state index is -0.596. The Balaban J connectivity index is 1.76. The molecule has 7 nitrogen and oxygen atoms in total. The molecule has 0 fully saturated rings. The summed E-state index contributed by atoms with van der Waals surface area (Å²) in [6, 6.07) is 6.04. The number of nitrogens with one attached hydrogen (secondary N) is 2. The molecule has 0 atom stereocenters.